The number of hydrogen-bond donors (Lipinski definition) is 0. The zero-order valence-corrected chi connectivity index (χ0v) is 26.9. The second-order valence-corrected chi connectivity index (χ2v) is 12.8. The summed E-state index contributed by atoms with van der Waals surface area (Å²) in [6.07, 6.45) is 9.99. The van der Waals surface area contributed by atoms with E-state index in [4.69, 9.17) is 0 Å². The molecule has 0 aliphatic heterocycles. The second kappa shape index (κ2) is 11.0. The summed E-state index contributed by atoms with van der Waals surface area (Å²) in [7, 11) is 0. The summed E-state index contributed by atoms with van der Waals surface area (Å²) in [4.78, 5) is 0. The monoisotopic (exact) mass is 604 g/mol. The van der Waals surface area contributed by atoms with Gasteiger partial charge < -0.3 is 9.13 Å². The summed E-state index contributed by atoms with van der Waals surface area (Å²) in [6.45, 7) is 6.38. The first-order chi connectivity index (χ1) is 23.2. The molecule has 9 rings (SSSR count). The van der Waals surface area contributed by atoms with E-state index in [-0.39, 0.29) is 0 Å². The molecule has 0 N–H and O–H groups in total. The van der Waals surface area contributed by atoms with Crippen molar-refractivity contribution in [2.75, 3.05) is 0 Å². The van der Waals surface area contributed by atoms with Crippen molar-refractivity contribution in [2.24, 2.45) is 0 Å². The first-order valence-electron chi connectivity index (χ1n) is 16.8. The van der Waals surface area contributed by atoms with Crippen LogP contribution in [0.1, 0.15) is 47.2 Å². The van der Waals surface area contributed by atoms with E-state index in [2.05, 4.69) is 169 Å². The van der Waals surface area contributed by atoms with Crippen LogP contribution in [-0.4, -0.2) is 9.13 Å². The quantitative estimate of drug-likeness (QED) is 0.167. The Morgan fingerprint density at radius 2 is 0.809 bits per heavy atom. The Kier molecular flexibility index (Phi) is 6.50. The summed E-state index contributed by atoms with van der Waals surface area (Å²) >= 11 is 0. The molecule has 0 amide bonds. The average Bonchev–Trinajstić information content (AvgIpc) is 3.75. The van der Waals surface area contributed by atoms with E-state index >= 15 is 0 Å². The molecule has 0 saturated heterocycles. The van der Waals surface area contributed by atoms with Gasteiger partial charge in [0, 0.05) is 56.7 Å². The lowest BCUT2D eigenvalue weighted by Crippen LogP contribution is -1.92. The Morgan fingerprint density at radius 3 is 1.26 bits per heavy atom. The fraction of sp³-hybridized carbons (Fsp3) is 0.111. The van der Waals surface area contributed by atoms with Crippen molar-refractivity contribution in [2.45, 2.75) is 33.4 Å². The van der Waals surface area contributed by atoms with Gasteiger partial charge in [0.2, 0.25) is 0 Å². The zero-order chi connectivity index (χ0) is 31.5. The molecule has 0 atom stereocenters. The molecule has 226 valence electrons. The van der Waals surface area contributed by atoms with Gasteiger partial charge in [0.25, 0.3) is 0 Å². The van der Waals surface area contributed by atoms with Crippen LogP contribution < -0.4 is 0 Å². The van der Waals surface area contributed by atoms with E-state index in [0.717, 1.165) is 19.5 Å². The van der Waals surface area contributed by atoms with Gasteiger partial charge in [-0.3, -0.25) is 0 Å². The summed E-state index contributed by atoms with van der Waals surface area (Å²) in [5.74, 6) is 0. The van der Waals surface area contributed by atoms with Crippen LogP contribution in [0, 0.1) is 0 Å². The molecule has 0 saturated carbocycles. The van der Waals surface area contributed by atoms with Crippen LogP contribution in [0.5, 0.6) is 0 Å². The molecule has 0 fully saturated rings. The number of rotatable bonds is 6. The Bertz CT molecular complexity index is 2390. The predicted molar refractivity (Wildman–Crippen MR) is 203 cm³/mol. The standard InChI is InChI=1S/C45H36N2/c1-3-46-42-11-7-5-9-38(42)40-27-32(19-23-44(40)46)15-13-30-17-21-36-34(25-30)29-35-26-31(18-22-37(35)36)14-16-33-20-24-45-41(28-33)39-10-6-8-12-43(39)47(45)4-2/h5-28H,3-4,29H2,1-2H3/b15-13+,16-14+. The van der Waals surface area contributed by atoms with E-state index in [0.29, 0.717) is 0 Å². The van der Waals surface area contributed by atoms with Gasteiger partial charge in [-0.2, -0.15) is 0 Å². The van der Waals surface area contributed by atoms with Crippen LogP contribution in [-0.2, 0) is 19.5 Å². The van der Waals surface area contributed by atoms with Crippen molar-refractivity contribution in [1.82, 2.24) is 9.13 Å². The van der Waals surface area contributed by atoms with Crippen LogP contribution in [0.3, 0.4) is 0 Å². The summed E-state index contributed by atoms with van der Waals surface area (Å²) in [6, 6.07) is 45.0. The Balaban J connectivity index is 0.961. The van der Waals surface area contributed by atoms with Crippen molar-refractivity contribution in [1.29, 1.82) is 0 Å². The van der Waals surface area contributed by atoms with Crippen LogP contribution in [0.25, 0.3) is 79.0 Å². The van der Waals surface area contributed by atoms with E-state index in [9.17, 15) is 0 Å². The van der Waals surface area contributed by atoms with E-state index in [1.807, 2.05) is 0 Å². The maximum absolute atomic E-state index is 2.41. The predicted octanol–water partition coefficient (Wildman–Crippen LogP) is 11.9. The summed E-state index contributed by atoms with van der Waals surface area (Å²) in [5, 5.41) is 5.29. The van der Waals surface area contributed by atoms with Crippen LogP contribution in [0.2, 0.25) is 0 Å². The maximum Gasteiger partial charge on any atom is 0.0491 e. The smallest absolute Gasteiger partial charge is 0.0491 e. The maximum atomic E-state index is 2.41. The summed E-state index contributed by atoms with van der Waals surface area (Å²) < 4.78 is 4.81. The molecule has 2 heteroatoms. The molecule has 2 nitrogen and oxygen atoms in total. The molecular formula is C45H36N2. The molecule has 0 spiro atoms. The molecule has 1 aliphatic rings. The topological polar surface area (TPSA) is 9.86 Å². The Morgan fingerprint density at radius 1 is 0.426 bits per heavy atom. The molecule has 0 radical (unpaired) electrons. The third kappa shape index (κ3) is 4.55. The third-order valence-corrected chi connectivity index (χ3v) is 10.1. The normalized spacial score (nSPS) is 12.8. The van der Waals surface area contributed by atoms with Gasteiger partial charge >= 0.3 is 0 Å². The highest BCUT2D eigenvalue weighted by Gasteiger charge is 2.18. The molecule has 1 aliphatic carbocycles. The lowest BCUT2D eigenvalue weighted by molar-refractivity contribution is 0.827. The van der Waals surface area contributed by atoms with Gasteiger partial charge in [0.1, 0.15) is 0 Å². The zero-order valence-electron chi connectivity index (χ0n) is 26.9. The Hall–Kier alpha value is -5.60. The first-order valence-corrected chi connectivity index (χ1v) is 16.8. The van der Waals surface area contributed by atoms with Crippen LogP contribution in [0.4, 0.5) is 0 Å². The number of aryl methyl sites for hydroxylation is 2. The van der Waals surface area contributed by atoms with Crippen molar-refractivity contribution >= 4 is 67.9 Å². The molecule has 0 bridgehead atoms. The highest BCUT2D eigenvalue weighted by Crippen LogP contribution is 2.38. The van der Waals surface area contributed by atoms with Gasteiger partial charge in [-0.05, 0) is 101 Å². The molecule has 47 heavy (non-hydrogen) atoms. The number of para-hydroxylation sites is 2. The second-order valence-electron chi connectivity index (χ2n) is 12.8. The SMILES string of the molecule is CCn1c2ccccc2c2cc(/C=C/c3ccc4c(c3)Cc3cc(/C=C/c5ccc6c(c5)c5ccccc5n6CC)ccc3-4)ccc21. The van der Waals surface area contributed by atoms with E-state index in [1.54, 1.807) is 0 Å². The van der Waals surface area contributed by atoms with Gasteiger partial charge in [0.05, 0.1) is 0 Å². The van der Waals surface area contributed by atoms with Crippen molar-refractivity contribution in [3.63, 3.8) is 0 Å². The fourth-order valence-corrected chi connectivity index (χ4v) is 7.87. The molecular weight excluding hydrogens is 569 g/mol. The minimum atomic E-state index is 0.969. The van der Waals surface area contributed by atoms with Crippen molar-refractivity contribution in [3.8, 4) is 11.1 Å². The minimum Gasteiger partial charge on any atom is -0.341 e. The molecule has 2 aromatic heterocycles. The first kappa shape index (κ1) is 27.7. The van der Waals surface area contributed by atoms with Gasteiger partial charge in [-0.15, -0.1) is 0 Å². The van der Waals surface area contributed by atoms with E-state index in [1.165, 1.54) is 88.1 Å². The van der Waals surface area contributed by atoms with Crippen LogP contribution in [0.15, 0.2) is 121 Å². The van der Waals surface area contributed by atoms with Crippen LogP contribution >= 0.6 is 0 Å². The van der Waals surface area contributed by atoms with E-state index < -0.39 is 0 Å². The molecule has 0 unspecified atom stereocenters. The lowest BCUT2D eigenvalue weighted by Gasteiger charge is -2.04. The molecule has 6 aromatic carbocycles. The third-order valence-electron chi connectivity index (χ3n) is 10.1. The number of nitrogens with zero attached hydrogens (tertiary/aromatic N) is 2. The fourth-order valence-electron chi connectivity index (χ4n) is 7.87. The Labute approximate surface area is 275 Å². The minimum absolute atomic E-state index is 0.969. The number of fused-ring (bicyclic) bond motifs is 9. The number of hydrogen-bond acceptors (Lipinski definition) is 0. The highest BCUT2D eigenvalue weighted by molar-refractivity contribution is 6.09. The largest absolute Gasteiger partial charge is 0.341 e. The lowest BCUT2D eigenvalue weighted by atomic mass is 10.0. The van der Waals surface area contributed by atoms with Crippen molar-refractivity contribution in [3.05, 3.63) is 155 Å². The van der Waals surface area contributed by atoms with Gasteiger partial charge in [0.15, 0.2) is 0 Å². The highest BCUT2D eigenvalue weighted by atomic mass is 15.0. The van der Waals surface area contributed by atoms with Gasteiger partial charge in [-0.25, -0.2) is 0 Å². The average molecular weight is 605 g/mol. The summed E-state index contributed by atoms with van der Waals surface area (Å²) in [5.41, 5.74) is 15.7. The molecule has 2 heterocycles. The van der Waals surface area contributed by atoms with Gasteiger partial charge in [-0.1, -0.05) is 109 Å². The molecule has 8 aromatic rings. The number of aromatic nitrogens is 2. The van der Waals surface area contributed by atoms with Crippen molar-refractivity contribution < 1.29 is 0 Å². The number of benzene rings is 6.